The fraction of sp³-hybridized carbons (Fsp3) is 0.300. The van der Waals surface area contributed by atoms with Crippen molar-refractivity contribution in [1.29, 1.82) is 0 Å². The topological polar surface area (TPSA) is 109 Å². The van der Waals surface area contributed by atoms with Crippen molar-refractivity contribution >= 4 is 27.5 Å². The molecule has 18 heavy (non-hydrogen) atoms. The highest BCUT2D eigenvalue weighted by atomic mass is 35.5. The molecule has 1 unspecified atom stereocenters. The normalized spacial score (nSPS) is 13.3. The second-order valence-electron chi connectivity index (χ2n) is 3.68. The van der Waals surface area contributed by atoms with Crippen LogP contribution in [0.2, 0.25) is 5.02 Å². The van der Waals surface area contributed by atoms with Crippen molar-refractivity contribution in [1.82, 2.24) is 4.72 Å². The number of hydrogen-bond donors (Lipinski definition) is 3. The van der Waals surface area contributed by atoms with Crippen LogP contribution in [0.15, 0.2) is 23.1 Å². The maximum atomic E-state index is 11.9. The Balaban J connectivity index is 2.93. The third-order valence-electron chi connectivity index (χ3n) is 2.23. The Bertz CT molecular complexity index is 559. The number of primary amides is 1. The van der Waals surface area contributed by atoms with Crippen molar-refractivity contribution in [3.63, 3.8) is 0 Å². The highest BCUT2D eigenvalue weighted by Gasteiger charge is 2.20. The number of halogens is 1. The molecule has 0 fully saturated rings. The van der Waals surface area contributed by atoms with E-state index in [1.807, 2.05) is 0 Å². The number of nitrogens with one attached hydrogen (secondary N) is 1. The third kappa shape index (κ3) is 3.67. The van der Waals surface area contributed by atoms with Gasteiger partial charge < -0.3 is 10.8 Å². The van der Waals surface area contributed by atoms with Crippen LogP contribution in [0.25, 0.3) is 0 Å². The van der Waals surface area contributed by atoms with Crippen molar-refractivity contribution in [2.24, 2.45) is 5.73 Å². The van der Waals surface area contributed by atoms with E-state index in [-0.39, 0.29) is 9.92 Å². The van der Waals surface area contributed by atoms with E-state index in [0.29, 0.717) is 5.56 Å². The number of aliphatic hydroxyl groups is 1. The Morgan fingerprint density at radius 1 is 1.56 bits per heavy atom. The van der Waals surface area contributed by atoms with E-state index in [1.54, 1.807) is 19.1 Å². The largest absolute Gasteiger partial charge is 0.382 e. The number of nitrogens with two attached hydrogens (primary N) is 1. The number of sulfonamides is 1. The van der Waals surface area contributed by atoms with E-state index in [1.165, 1.54) is 6.07 Å². The zero-order valence-electron chi connectivity index (χ0n) is 9.55. The SMILES string of the molecule is Cc1ccc(Cl)cc1S(=O)(=O)NCC(O)C(N)=O. The second-order valence-corrected chi connectivity index (χ2v) is 5.85. The van der Waals surface area contributed by atoms with E-state index in [4.69, 9.17) is 22.4 Å². The Hall–Kier alpha value is -1.15. The molecule has 0 radical (unpaired) electrons. The summed E-state index contributed by atoms with van der Waals surface area (Å²) in [7, 11) is -3.84. The van der Waals surface area contributed by atoms with Gasteiger partial charge in [0.2, 0.25) is 15.9 Å². The first-order valence-corrected chi connectivity index (χ1v) is 6.83. The predicted octanol–water partition coefficient (Wildman–Crippen LogP) is -0.227. The maximum Gasteiger partial charge on any atom is 0.247 e. The van der Waals surface area contributed by atoms with Crippen LogP contribution < -0.4 is 10.5 Å². The van der Waals surface area contributed by atoms with Crippen molar-refractivity contribution < 1.29 is 18.3 Å². The quantitative estimate of drug-likeness (QED) is 0.696. The monoisotopic (exact) mass is 292 g/mol. The molecule has 0 heterocycles. The van der Waals surface area contributed by atoms with Gasteiger partial charge in [-0.3, -0.25) is 4.79 Å². The lowest BCUT2D eigenvalue weighted by atomic mass is 10.2. The van der Waals surface area contributed by atoms with E-state index in [2.05, 4.69) is 4.72 Å². The van der Waals surface area contributed by atoms with Gasteiger partial charge >= 0.3 is 0 Å². The molecule has 100 valence electrons. The summed E-state index contributed by atoms with van der Waals surface area (Å²) in [5.41, 5.74) is 5.31. The minimum Gasteiger partial charge on any atom is -0.382 e. The summed E-state index contributed by atoms with van der Waals surface area (Å²) in [5, 5.41) is 9.41. The molecular formula is C10H13ClN2O4S. The van der Waals surface area contributed by atoms with Crippen molar-refractivity contribution in [2.75, 3.05) is 6.54 Å². The molecule has 1 aromatic carbocycles. The van der Waals surface area contributed by atoms with Crippen molar-refractivity contribution in [3.8, 4) is 0 Å². The van der Waals surface area contributed by atoms with Gasteiger partial charge in [-0.2, -0.15) is 0 Å². The third-order valence-corrected chi connectivity index (χ3v) is 4.04. The minimum atomic E-state index is -3.84. The zero-order chi connectivity index (χ0) is 13.9. The number of amides is 1. The predicted molar refractivity (Wildman–Crippen MR) is 66.6 cm³/mol. The molecule has 0 aliphatic rings. The minimum absolute atomic E-state index is 0.00771. The van der Waals surface area contributed by atoms with E-state index >= 15 is 0 Å². The van der Waals surface area contributed by atoms with Gasteiger partial charge in [0.15, 0.2) is 0 Å². The first kappa shape index (κ1) is 14.9. The lowest BCUT2D eigenvalue weighted by Crippen LogP contribution is -2.40. The molecule has 1 amide bonds. The molecule has 0 saturated heterocycles. The summed E-state index contributed by atoms with van der Waals surface area (Å²) in [5.74, 6) is -1.000. The number of benzene rings is 1. The molecule has 6 nitrogen and oxygen atoms in total. The van der Waals surface area contributed by atoms with Gasteiger partial charge in [0, 0.05) is 11.6 Å². The summed E-state index contributed by atoms with van der Waals surface area (Å²) < 4.78 is 25.9. The molecule has 8 heteroatoms. The molecule has 4 N–H and O–H groups in total. The maximum absolute atomic E-state index is 11.9. The van der Waals surface area contributed by atoms with Crippen LogP contribution in [-0.2, 0) is 14.8 Å². The molecule has 0 aliphatic carbocycles. The van der Waals surface area contributed by atoms with E-state index in [0.717, 1.165) is 0 Å². The molecular weight excluding hydrogens is 280 g/mol. The first-order chi connectivity index (χ1) is 8.24. The van der Waals surface area contributed by atoms with Gasteiger partial charge in [0.05, 0.1) is 4.90 Å². The van der Waals surface area contributed by atoms with Gasteiger partial charge in [0.1, 0.15) is 6.10 Å². The van der Waals surface area contributed by atoms with Gasteiger partial charge in [-0.05, 0) is 24.6 Å². The molecule has 1 aromatic rings. The van der Waals surface area contributed by atoms with Crippen LogP contribution in [0, 0.1) is 6.92 Å². The van der Waals surface area contributed by atoms with Crippen molar-refractivity contribution in [2.45, 2.75) is 17.9 Å². The molecule has 1 rings (SSSR count). The van der Waals surface area contributed by atoms with Crippen LogP contribution in [0.5, 0.6) is 0 Å². The molecule has 0 saturated carbocycles. The molecule has 0 aromatic heterocycles. The van der Waals surface area contributed by atoms with Gasteiger partial charge in [-0.25, -0.2) is 13.1 Å². The number of hydrogen-bond acceptors (Lipinski definition) is 4. The standard InChI is InChI=1S/C10H13ClN2O4S/c1-6-2-3-7(11)4-9(6)18(16,17)13-5-8(14)10(12)15/h2-4,8,13-14H,5H2,1H3,(H2,12,15). The molecule has 0 bridgehead atoms. The van der Waals surface area contributed by atoms with Crippen LogP contribution in [0.4, 0.5) is 0 Å². The Morgan fingerprint density at radius 3 is 2.72 bits per heavy atom. The Kier molecular flexibility index (Phi) is 4.69. The fourth-order valence-electron chi connectivity index (χ4n) is 1.23. The van der Waals surface area contributed by atoms with E-state index in [9.17, 15) is 13.2 Å². The molecule has 1 atom stereocenters. The van der Waals surface area contributed by atoms with Crippen LogP contribution in [0.3, 0.4) is 0 Å². The average molecular weight is 293 g/mol. The number of carbonyl (C=O) groups excluding carboxylic acids is 1. The highest BCUT2D eigenvalue weighted by Crippen LogP contribution is 2.19. The van der Waals surface area contributed by atoms with Crippen molar-refractivity contribution in [3.05, 3.63) is 28.8 Å². The summed E-state index contributed by atoms with van der Waals surface area (Å²) in [4.78, 5) is 10.6. The lowest BCUT2D eigenvalue weighted by molar-refractivity contribution is -0.125. The fourth-order valence-corrected chi connectivity index (χ4v) is 2.77. The zero-order valence-corrected chi connectivity index (χ0v) is 11.1. The first-order valence-electron chi connectivity index (χ1n) is 4.97. The average Bonchev–Trinajstić information content (AvgIpc) is 2.29. The molecule has 0 aliphatic heterocycles. The van der Waals surface area contributed by atoms with Crippen LogP contribution in [0.1, 0.15) is 5.56 Å². The van der Waals surface area contributed by atoms with Gasteiger partial charge in [-0.15, -0.1) is 0 Å². The number of aryl methyl sites for hydroxylation is 1. The van der Waals surface area contributed by atoms with Gasteiger partial charge in [0.25, 0.3) is 0 Å². The van der Waals surface area contributed by atoms with Crippen LogP contribution in [-0.4, -0.2) is 32.1 Å². The van der Waals surface area contributed by atoms with E-state index < -0.39 is 28.6 Å². The highest BCUT2D eigenvalue weighted by molar-refractivity contribution is 7.89. The van der Waals surface area contributed by atoms with Crippen LogP contribution >= 0.6 is 11.6 Å². The Labute approximate surface area is 110 Å². The Morgan fingerprint density at radius 2 is 2.17 bits per heavy atom. The number of aliphatic hydroxyl groups excluding tert-OH is 1. The number of carbonyl (C=O) groups is 1. The summed E-state index contributed by atoms with van der Waals surface area (Å²) in [6, 6.07) is 4.41. The number of rotatable bonds is 5. The second kappa shape index (κ2) is 5.66. The summed E-state index contributed by atoms with van der Waals surface area (Å²) >= 11 is 5.72. The van der Waals surface area contributed by atoms with Gasteiger partial charge in [-0.1, -0.05) is 17.7 Å². The molecule has 0 spiro atoms. The smallest absolute Gasteiger partial charge is 0.247 e. The lowest BCUT2D eigenvalue weighted by Gasteiger charge is -2.11. The summed E-state index contributed by atoms with van der Waals surface area (Å²) in [6.07, 6.45) is -1.57. The summed E-state index contributed by atoms with van der Waals surface area (Å²) in [6.45, 7) is 1.12.